The first-order chi connectivity index (χ1) is 43.9. The van der Waals surface area contributed by atoms with Crippen molar-refractivity contribution < 1.29 is 66.9 Å². The van der Waals surface area contributed by atoms with Gasteiger partial charge in [0.25, 0.3) is 18.9 Å². The lowest BCUT2D eigenvalue weighted by molar-refractivity contribution is -0.139. The molecule has 0 radical (unpaired) electrons. The normalized spacial score (nSPS) is 18.6. The van der Waals surface area contributed by atoms with Gasteiger partial charge in [-0.3, -0.25) is 72.6 Å². The van der Waals surface area contributed by atoms with E-state index in [1.165, 1.54) is 24.2 Å². The number of halogens is 1. The van der Waals surface area contributed by atoms with Crippen LogP contribution in [0.5, 0.6) is 5.75 Å². The lowest BCUT2D eigenvalue weighted by Gasteiger charge is -2.34. The predicted octanol–water partition coefficient (Wildman–Crippen LogP) is 2.08. The number of carboxylic acid groups (broad SMARTS) is 1. The molecule has 3 aliphatic heterocycles. The maximum absolute atomic E-state index is 14.6. The molecule has 3 saturated heterocycles. The van der Waals surface area contributed by atoms with Gasteiger partial charge in [-0.25, -0.2) is 4.39 Å². The number of ether oxygens (including phenoxy) is 3. The summed E-state index contributed by atoms with van der Waals surface area (Å²) in [7, 11) is 0. The van der Waals surface area contributed by atoms with Crippen LogP contribution in [0, 0.1) is 18.3 Å². The number of aromatic nitrogens is 1. The third kappa shape index (κ3) is 26.1. The van der Waals surface area contributed by atoms with Gasteiger partial charge in [0.05, 0.1) is 49.9 Å². The first-order valence-corrected chi connectivity index (χ1v) is 31.7. The highest BCUT2D eigenvalue weighted by Crippen LogP contribution is 2.30. The fourth-order valence-electron chi connectivity index (χ4n) is 11.3. The highest BCUT2D eigenvalue weighted by Gasteiger charge is 2.43. The molecule has 27 heteroatoms. The molecule has 5 N–H and O–H groups in total. The largest absolute Gasteiger partial charge is 0.494 e. The number of aryl methyl sites for hydroxylation is 2. The molecular weight excluding hydrogens is 1180 g/mol. The van der Waals surface area contributed by atoms with Crippen molar-refractivity contribution in [3.8, 4) is 11.8 Å². The maximum Gasteiger partial charge on any atom is 0.317 e. The quantitative estimate of drug-likeness (QED) is 0.0416. The molecule has 1 aromatic heterocycles. The molecule has 6 rings (SSSR count). The van der Waals surface area contributed by atoms with Crippen LogP contribution in [0.25, 0.3) is 10.9 Å². The smallest absolute Gasteiger partial charge is 0.317 e. The number of carbonyl (C=O) groups is 9. The summed E-state index contributed by atoms with van der Waals surface area (Å²) >= 11 is 0. The number of fused-ring (bicyclic) bond motifs is 1. The number of unbranched alkanes of at least 4 members (excludes halogenated alkanes) is 3. The number of nitriles is 1. The average Bonchev–Trinajstić information content (AvgIpc) is 1.98. The average molecular weight is 1270 g/mol. The number of carbonyl (C=O) groups excluding carboxylic acids is 8. The summed E-state index contributed by atoms with van der Waals surface area (Å²) in [5.41, 5.74) is 1.52. The molecular formula is C64H92FN13O13. The van der Waals surface area contributed by atoms with Gasteiger partial charge in [-0.1, -0.05) is 36.2 Å². The Morgan fingerprint density at radius 2 is 1.36 bits per heavy atom. The fraction of sp³-hybridized carbons (Fsp3) is 0.609. The minimum atomic E-state index is -1.68. The van der Waals surface area contributed by atoms with Crippen LogP contribution in [0.3, 0.4) is 0 Å². The van der Waals surface area contributed by atoms with E-state index in [9.17, 15) is 57.9 Å². The van der Waals surface area contributed by atoms with E-state index in [1.54, 1.807) is 29.2 Å². The zero-order valence-corrected chi connectivity index (χ0v) is 52.8. The highest BCUT2D eigenvalue weighted by atomic mass is 19.1. The molecule has 0 spiro atoms. The summed E-state index contributed by atoms with van der Waals surface area (Å²) in [5, 5.41) is 31.2. The van der Waals surface area contributed by atoms with Crippen molar-refractivity contribution in [2.24, 2.45) is 0 Å². The van der Waals surface area contributed by atoms with Crippen LogP contribution in [0.15, 0.2) is 54.7 Å². The number of benzene rings is 2. The van der Waals surface area contributed by atoms with Crippen molar-refractivity contribution in [3.05, 3.63) is 71.4 Å². The van der Waals surface area contributed by atoms with Crippen LogP contribution in [-0.2, 0) is 54.3 Å². The van der Waals surface area contributed by atoms with Crippen molar-refractivity contribution in [1.29, 1.82) is 5.26 Å². The van der Waals surface area contributed by atoms with Crippen molar-refractivity contribution in [1.82, 2.24) is 60.6 Å². The van der Waals surface area contributed by atoms with Crippen molar-refractivity contribution in [3.63, 3.8) is 0 Å². The Labute approximate surface area is 532 Å². The first-order valence-electron chi connectivity index (χ1n) is 31.7. The summed E-state index contributed by atoms with van der Waals surface area (Å²) in [6, 6.07) is 15.2. The third-order valence-corrected chi connectivity index (χ3v) is 16.5. The SMILES string of the molecule is Cc1ccc(CCCC(=O)NCCCCC(NC(=O)CN2CCN(COC=O)CCN(COC=O)CCN(CC(=O)O)CC2)C(=O)NCCCCCC(=O)N2CCN(CCCOc3ccc4nccc(C(=O)NCC(=O)N5CC(C)(F)C[C@@H]5C#N)c4c3)CC2)cc1. The number of nitrogens with zero attached hydrogens (tertiary/aromatic N) is 9. The summed E-state index contributed by atoms with van der Waals surface area (Å²) in [6.45, 7) is 10.5. The Balaban J connectivity index is 0.918. The van der Waals surface area contributed by atoms with Gasteiger partial charge >= 0.3 is 5.97 Å². The van der Waals surface area contributed by atoms with E-state index < -0.39 is 48.0 Å². The van der Waals surface area contributed by atoms with Crippen molar-refractivity contribution >= 4 is 65.3 Å². The Kier molecular flexibility index (Phi) is 30.7. The number of likely N-dealkylation sites (tertiary alicyclic amines) is 1. The summed E-state index contributed by atoms with van der Waals surface area (Å²) in [6.07, 6.45) is 7.74. The molecule has 3 atom stereocenters. The molecule has 498 valence electrons. The van der Waals surface area contributed by atoms with Gasteiger partial charge in [-0.05, 0) is 95.0 Å². The monoisotopic (exact) mass is 1270 g/mol. The van der Waals surface area contributed by atoms with Gasteiger partial charge in [-0.2, -0.15) is 5.26 Å². The Morgan fingerprint density at radius 1 is 0.725 bits per heavy atom. The number of carboxylic acids is 1. The highest BCUT2D eigenvalue weighted by molar-refractivity contribution is 6.07. The molecule has 26 nitrogen and oxygen atoms in total. The Morgan fingerprint density at radius 3 is 2.02 bits per heavy atom. The molecule has 2 unspecified atom stereocenters. The van der Waals surface area contributed by atoms with E-state index in [1.807, 2.05) is 32.6 Å². The number of pyridine rings is 1. The van der Waals surface area contributed by atoms with Gasteiger partial charge in [-0.15, -0.1) is 0 Å². The van der Waals surface area contributed by atoms with Gasteiger partial charge in [0, 0.05) is 129 Å². The first kappa shape index (κ1) is 72.2. The van der Waals surface area contributed by atoms with E-state index in [2.05, 4.69) is 55.4 Å². The number of alkyl halides is 1. The van der Waals surface area contributed by atoms with Crippen molar-refractivity contribution in [2.45, 2.75) is 109 Å². The second-order valence-corrected chi connectivity index (χ2v) is 23.8. The third-order valence-electron chi connectivity index (χ3n) is 16.5. The zero-order valence-electron chi connectivity index (χ0n) is 52.8. The van der Waals surface area contributed by atoms with Crippen LogP contribution in [0.2, 0.25) is 0 Å². The van der Waals surface area contributed by atoms with Crippen molar-refractivity contribution in [2.75, 3.05) is 144 Å². The molecule has 2 aromatic carbocycles. The topological polar surface area (TPSA) is 309 Å². The lowest BCUT2D eigenvalue weighted by Crippen LogP contribution is -2.52. The number of amides is 6. The number of piperazine rings is 1. The van der Waals surface area contributed by atoms with E-state index in [0.29, 0.717) is 192 Å². The van der Waals surface area contributed by atoms with E-state index in [-0.39, 0.29) is 62.8 Å². The molecule has 0 saturated carbocycles. The summed E-state index contributed by atoms with van der Waals surface area (Å²) in [4.78, 5) is 131. The summed E-state index contributed by atoms with van der Waals surface area (Å²) < 4.78 is 30.7. The van der Waals surface area contributed by atoms with Gasteiger partial charge in [0.1, 0.15) is 37.0 Å². The Bertz CT molecular complexity index is 2890. The fourth-order valence-corrected chi connectivity index (χ4v) is 11.3. The zero-order chi connectivity index (χ0) is 65.4. The van der Waals surface area contributed by atoms with E-state index >= 15 is 0 Å². The molecule has 0 aliphatic carbocycles. The van der Waals surface area contributed by atoms with Gasteiger partial charge < -0.3 is 50.4 Å². The Hall–Kier alpha value is -7.90. The second-order valence-electron chi connectivity index (χ2n) is 23.8. The van der Waals surface area contributed by atoms with Crippen LogP contribution in [-0.4, -0.2) is 261 Å². The van der Waals surface area contributed by atoms with Crippen LogP contribution in [0.1, 0.15) is 99.0 Å². The van der Waals surface area contributed by atoms with E-state index in [4.69, 9.17) is 14.2 Å². The maximum atomic E-state index is 14.6. The van der Waals surface area contributed by atoms with Crippen LogP contribution >= 0.6 is 0 Å². The molecule has 0 bridgehead atoms. The van der Waals surface area contributed by atoms with Crippen LogP contribution in [0.4, 0.5) is 4.39 Å². The second kappa shape index (κ2) is 38.7. The minimum Gasteiger partial charge on any atom is -0.494 e. The summed E-state index contributed by atoms with van der Waals surface area (Å²) in [5.74, 6) is -2.27. The molecule has 3 aromatic rings. The molecule has 4 heterocycles. The minimum absolute atomic E-state index is 0.000756. The van der Waals surface area contributed by atoms with Crippen LogP contribution < -0.4 is 26.0 Å². The molecule has 91 heavy (non-hydrogen) atoms. The number of hydrogen-bond acceptors (Lipinski definition) is 19. The molecule has 6 amide bonds. The number of aliphatic carboxylic acids is 1. The van der Waals surface area contributed by atoms with Gasteiger partial charge in [0.2, 0.25) is 29.5 Å². The molecule has 3 fully saturated rings. The number of hydrogen-bond donors (Lipinski definition) is 5. The standard InChI is InChI=1S/C64H92FN13O13/c1-49-14-16-50(17-15-49)10-8-12-57(81)68-21-7-5-11-56(71-58(82)42-73-25-26-74(43-61(85)86)28-30-76(46-90-48-80)32-31-75(29-27-73)45-89-47-79)63(88)69-22-6-3-4-13-59(83)77-35-33-72(34-36-77)24-9-37-91-52-18-19-55-54(38-52)53(20-23-67-55)62(87)70-41-60(84)78-44-64(2,65)39-51(78)40-66/h14-20,23,38,47-48,51,56H,3-13,21-22,24-37,39,41-46H2,1-2H3,(H,68,81)(H,69,88)(H,70,87)(H,71,82)(H,85,86)/t51-,56?,64?/m1/s1. The van der Waals surface area contributed by atoms with E-state index in [0.717, 1.165) is 17.9 Å². The predicted molar refractivity (Wildman–Crippen MR) is 335 cm³/mol. The number of nitrogens with one attached hydrogen (secondary N) is 4. The van der Waals surface area contributed by atoms with Gasteiger partial charge in [0.15, 0.2) is 0 Å². The lowest BCUT2D eigenvalue weighted by atomic mass is 10.1. The molecule has 3 aliphatic rings. The number of rotatable bonds is 35.